The van der Waals surface area contributed by atoms with E-state index < -0.39 is 17.4 Å². The van der Waals surface area contributed by atoms with E-state index in [1.807, 2.05) is 20.8 Å². The van der Waals surface area contributed by atoms with Crippen LogP contribution < -0.4 is 5.32 Å². The maximum absolute atomic E-state index is 11.8. The average Bonchev–Trinajstić information content (AvgIpc) is 2.09. The van der Waals surface area contributed by atoms with Gasteiger partial charge in [0.05, 0.1) is 0 Å². The van der Waals surface area contributed by atoms with Crippen LogP contribution in [0.3, 0.4) is 0 Å². The molecule has 2 unspecified atom stereocenters. The topological polar surface area (TPSA) is 66.4 Å². The fraction of sp³-hybridized carbons (Fsp3) is 0.833. The maximum atomic E-state index is 11.8. The van der Waals surface area contributed by atoms with E-state index in [1.165, 1.54) is 0 Å². The number of amides is 1. The fourth-order valence-electron chi connectivity index (χ4n) is 1.23. The van der Waals surface area contributed by atoms with Gasteiger partial charge in [0.15, 0.2) is 0 Å². The summed E-state index contributed by atoms with van der Waals surface area (Å²) in [6, 6.07) is -0.846. The molecule has 0 rings (SSSR count). The Labute approximate surface area is 97.4 Å². The van der Waals surface area contributed by atoms with Crippen LogP contribution in [0.5, 0.6) is 0 Å². The molecule has 4 nitrogen and oxygen atoms in total. The summed E-state index contributed by atoms with van der Waals surface area (Å²) in [4.78, 5) is 22.8. The van der Waals surface area contributed by atoms with E-state index >= 15 is 0 Å². The molecule has 0 aromatic rings. The van der Waals surface area contributed by atoms with Gasteiger partial charge in [-0.2, -0.15) is 0 Å². The largest absolute Gasteiger partial charge is 0.480 e. The lowest BCUT2D eigenvalue weighted by atomic mass is 9.86. The Bertz CT molecular complexity index is 266. The third-order valence-electron chi connectivity index (χ3n) is 2.81. The smallest absolute Gasteiger partial charge is 0.326 e. The van der Waals surface area contributed by atoms with Gasteiger partial charge < -0.3 is 10.4 Å². The van der Waals surface area contributed by atoms with Gasteiger partial charge in [0.25, 0.3) is 0 Å². The minimum atomic E-state index is -0.989. The van der Waals surface area contributed by atoms with Gasteiger partial charge in [-0.3, -0.25) is 4.79 Å². The van der Waals surface area contributed by atoms with Crippen LogP contribution >= 0.6 is 0 Å². The first-order chi connectivity index (χ1) is 7.07. The van der Waals surface area contributed by atoms with E-state index in [1.54, 1.807) is 20.8 Å². The zero-order valence-corrected chi connectivity index (χ0v) is 11.0. The van der Waals surface area contributed by atoms with E-state index in [-0.39, 0.29) is 17.7 Å². The van der Waals surface area contributed by atoms with Crippen molar-refractivity contribution >= 4 is 11.9 Å². The molecule has 0 radical (unpaired) electrons. The lowest BCUT2D eigenvalue weighted by molar-refractivity contribution is -0.145. The van der Waals surface area contributed by atoms with Crippen LogP contribution in [-0.2, 0) is 9.59 Å². The van der Waals surface area contributed by atoms with Crippen molar-refractivity contribution in [2.75, 3.05) is 0 Å². The van der Waals surface area contributed by atoms with Crippen molar-refractivity contribution in [2.24, 2.45) is 17.3 Å². The molecule has 0 saturated carbocycles. The van der Waals surface area contributed by atoms with Crippen LogP contribution in [0.15, 0.2) is 0 Å². The summed E-state index contributed by atoms with van der Waals surface area (Å²) in [5.41, 5.74) is -0.488. The molecule has 0 aliphatic carbocycles. The summed E-state index contributed by atoms with van der Waals surface area (Å²) in [6.07, 6.45) is 0. The van der Waals surface area contributed by atoms with E-state index in [4.69, 9.17) is 5.11 Å². The summed E-state index contributed by atoms with van der Waals surface area (Å²) in [7, 11) is 0. The van der Waals surface area contributed by atoms with Gasteiger partial charge in [-0.25, -0.2) is 4.79 Å². The normalized spacial score (nSPS) is 15.7. The van der Waals surface area contributed by atoms with Crippen molar-refractivity contribution in [1.82, 2.24) is 5.32 Å². The molecule has 16 heavy (non-hydrogen) atoms. The quantitative estimate of drug-likeness (QED) is 0.773. The molecule has 94 valence electrons. The molecule has 4 heteroatoms. The monoisotopic (exact) mass is 229 g/mol. The highest BCUT2D eigenvalue weighted by Gasteiger charge is 2.33. The molecule has 2 atom stereocenters. The van der Waals surface area contributed by atoms with Gasteiger partial charge in [0, 0.05) is 5.92 Å². The predicted molar refractivity (Wildman–Crippen MR) is 63.0 cm³/mol. The van der Waals surface area contributed by atoms with Crippen LogP contribution in [-0.4, -0.2) is 23.0 Å². The van der Waals surface area contributed by atoms with Crippen molar-refractivity contribution in [3.63, 3.8) is 0 Å². The fourth-order valence-corrected chi connectivity index (χ4v) is 1.23. The number of carboxylic acids is 1. The number of rotatable bonds is 4. The molecule has 0 spiro atoms. The molecule has 0 fully saturated rings. The Kier molecular flexibility index (Phi) is 4.97. The summed E-state index contributed by atoms with van der Waals surface area (Å²) in [6.45, 7) is 11.1. The van der Waals surface area contributed by atoms with E-state index in [0.29, 0.717) is 0 Å². The number of hydrogen-bond acceptors (Lipinski definition) is 2. The van der Waals surface area contributed by atoms with Gasteiger partial charge in [0.1, 0.15) is 6.04 Å². The van der Waals surface area contributed by atoms with Crippen LogP contribution in [0.25, 0.3) is 0 Å². The maximum Gasteiger partial charge on any atom is 0.326 e. The molecular formula is C12H23NO3. The highest BCUT2D eigenvalue weighted by molar-refractivity contribution is 5.85. The van der Waals surface area contributed by atoms with Crippen molar-refractivity contribution in [3.05, 3.63) is 0 Å². The summed E-state index contributed by atoms with van der Waals surface area (Å²) in [5, 5.41) is 11.7. The van der Waals surface area contributed by atoms with Gasteiger partial charge in [-0.05, 0) is 11.3 Å². The SMILES string of the molecule is CC(C)C(C)C(=O)NC(C(=O)O)C(C)(C)C. The van der Waals surface area contributed by atoms with E-state index in [9.17, 15) is 9.59 Å². The number of nitrogens with one attached hydrogen (secondary N) is 1. The number of hydrogen-bond donors (Lipinski definition) is 2. The Morgan fingerprint density at radius 2 is 1.56 bits per heavy atom. The highest BCUT2D eigenvalue weighted by atomic mass is 16.4. The molecule has 0 saturated heterocycles. The molecule has 0 aromatic carbocycles. The van der Waals surface area contributed by atoms with Gasteiger partial charge >= 0.3 is 5.97 Å². The molecule has 0 aromatic heterocycles. The lowest BCUT2D eigenvalue weighted by Gasteiger charge is -2.29. The molecule has 0 heterocycles. The second kappa shape index (κ2) is 5.32. The Morgan fingerprint density at radius 1 is 1.12 bits per heavy atom. The van der Waals surface area contributed by atoms with Crippen LogP contribution in [0.2, 0.25) is 0 Å². The second-order valence-corrected chi connectivity index (χ2v) is 5.68. The number of carbonyl (C=O) groups excluding carboxylic acids is 1. The summed E-state index contributed by atoms with van der Waals surface area (Å²) < 4.78 is 0. The molecule has 1 amide bonds. The summed E-state index contributed by atoms with van der Waals surface area (Å²) >= 11 is 0. The number of carboxylic acid groups (broad SMARTS) is 1. The zero-order valence-electron chi connectivity index (χ0n) is 11.0. The highest BCUT2D eigenvalue weighted by Crippen LogP contribution is 2.20. The Hall–Kier alpha value is -1.06. The van der Waals surface area contributed by atoms with Crippen molar-refractivity contribution in [3.8, 4) is 0 Å². The number of aliphatic carboxylic acids is 1. The molecular weight excluding hydrogens is 206 g/mol. The van der Waals surface area contributed by atoms with Crippen molar-refractivity contribution in [2.45, 2.75) is 47.6 Å². The minimum Gasteiger partial charge on any atom is -0.480 e. The lowest BCUT2D eigenvalue weighted by Crippen LogP contribution is -2.51. The van der Waals surface area contributed by atoms with Gasteiger partial charge in [-0.1, -0.05) is 41.5 Å². The first-order valence-corrected chi connectivity index (χ1v) is 5.60. The minimum absolute atomic E-state index is 0.177. The third-order valence-corrected chi connectivity index (χ3v) is 2.81. The van der Waals surface area contributed by atoms with E-state index in [2.05, 4.69) is 5.32 Å². The number of carbonyl (C=O) groups is 2. The van der Waals surface area contributed by atoms with Crippen LogP contribution in [0.4, 0.5) is 0 Å². The predicted octanol–water partition coefficient (Wildman–Crippen LogP) is 1.89. The molecule has 0 bridgehead atoms. The molecule has 0 aliphatic heterocycles. The average molecular weight is 229 g/mol. The van der Waals surface area contributed by atoms with Crippen molar-refractivity contribution < 1.29 is 14.7 Å². The zero-order chi connectivity index (χ0) is 13.1. The first-order valence-electron chi connectivity index (χ1n) is 5.60. The van der Waals surface area contributed by atoms with Gasteiger partial charge in [-0.15, -0.1) is 0 Å². The standard InChI is InChI=1S/C12H23NO3/c1-7(2)8(3)10(14)13-9(11(15)16)12(4,5)6/h7-9H,1-6H3,(H,13,14)(H,15,16). The Morgan fingerprint density at radius 3 is 1.81 bits per heavy atom. The van der Waals surface area contributed by atoms with Crippen LogP contribution in [0, 0.1) is 17.3 Å². The summed E-state index contributed by atoms with van der Waals surface area (Å²) in [5.74, 6) is -1.16. The first kappa shape index (κ1) is 14.9. The third kappa shape index (κ3) is 4.21. The van der Waals surface area contributed by atoms with Crippen molar-refractivity contribution in [1.29, 1.82) is 0 Å². The molecule has 2 N–H and O–H groups in total. The van der Waals surface area contributed by atoms with Gasteiger partial charge in [0.2, 0.25) is 5.91 Å². The molecule has 0 aliphatic rings. The van der Waals surface area contributed by atoms with Crippen LogP contribution in [0.1, 0.15) is 41.5 Å². The Balaban J connectivity index is 4.67. The van der Waals surface area contributed by atoms with E-state index in [0.717, 1.165) is 0 Å². The second-order valence-electron chi connectivity index (χ2n) is 5.68.